The van der Waals surface area contributed by atoms with Crippen LogP contribution in [0.2, 0.25) is 0 Å². The van der Waals surface area contributed by atoms with Gasteiger partial charge in [0.25, 0.3) is 0 Å². The minimum atomic E-state index is 0.803. The van der Waals surface area contributed by atoms with Crippen LogP contribution in [0.3, 0.4) is 0 Å². The average molecular weight is 300 g/mol. The molecule has 2 rings (SSSR count). The number of morpholine rings is 1. The van der Waals surface area contributed by atoms with E-state index in [2.05, 4.69) is 50.9 Å². The smallest absolute Gasteiger partial charge is 0.106 e. The van der Waals surface area contributed by atoms with Crippen molar-refractivity contribution in [2.75, 3.05) is 45.3 Å². The van der Waals surface area contributed by atoms with E-state index in [0.29, 0.717) is 0 Å². The van der Waals surface area contributed by atoms with Crippen LogP contribution in [-0.4, -0.2) is 50.3 Å². The molecule has 0 aromatic carbocycles. The fourth-order valence-corrected chi connectivity index (χ4v) is 2.32. The summed E-state index contributed by atoms with van der Waals surface area (Å²) in [7, 11) is 4.12. The second-order valence-electron chi connectivity index (χ2n) is 4.44. The third kappa shape index (κ3) is 3.40. The highest BCUT2D eigenvalue weighted by Gasteiger charge is 2.16. The van der Waals surface area contributed by atoms with Crippen LogP contribution in [0.15, 0.2) is 16.7 Å². The van der Waals surface area contributed by atoms with Crippen molar-refractivity contribution in [1.29, 1.82) is 0 Å². The van der Waals surface area contributed by atoms with E-state index in [1.807, 2.05) is 6.07 Å². The lowest BCUT2D eigenvalue weighted by Crippen LogP contribution is -2.37. The van der Waals surface area contributed by atoms with Crippen LogP contribution in [0.1, 0.15) is 5.69 Å². The molecule has 1 aliphatic rings. The number of anilines is 1. The molecule has 1 saturated heterocycles. The Hall–Kier alpha value is -0.650. The van der Waals surface area contributed by atoms with E-state index >= 15 is 0 Å². The van der Waals surface area contributed by atoms with Gasteiger partial charge >= 0.3 is 0 Å². The molecule has 0 atom stereocenters. The molecule has 0 aliphatic carbocycles. The molecule has 5 heteroatoms. The van der Waals surface area contributed by atoms with E-state index in [4.69, 9.17) is 4.74 Å². The van der Waals surface area contributed by atoms with E-state index in [-0.39, 0.29) is 0 Å². The maximum Gasteiger partial charge on any atom is 0.106 e. The van der Waals surface area contributed by atoms with Crippen molar-refractivity contribution in [2.45, 2.75) is 6.54 Å². The number of pyridine rings is 1. The van der Waals surface area contributed by atoms with Gasteiger partial charge in [0.1, 0.15) is 4.60 Å². The van der Waals surface area contributed by atoms with E-state index in [9.17, 15) is 0 Å². The van der Waals surface area contributed by atoms with Crippen molar-refractivity contribution < 1.29 is 4.74 Å². The van der Waals surface area contributed by atoms with Gasteiger partial charge in [0.2, 0.25) is 0 Å². The third-order valence-electron chi connectivity index (χ3n) is 2.73. The average Bonchev–Trinajstić information content (AvgIpc) is 2.29. The number of hydrogen-bond acceptors (Lipinski definition) is 4. The summed E-state index contributed by atoms with van der Waals surface area (Å²) in [6.07, 6.45) is 0. The van der Waals surface area contributed by atoms with Crippen molar-refractivity contribution in [3.05, 3.63) is 22.4 Å². The van der Waals surface area contributed by atoms with Crippen LogP contribution < -0.4 is 4.90 Å². The quantitative estimate of drug-likeness (QED) is 0.795. The molecule has 0 saturated carbocycles. The van der Waals surface area contributed by atoms with Crippen LogP contribution in [0, 0.1) is 0 Å². The summed E-state index contributed by atoms with van der Waals surface area (Å²) in [5.74, 6) is 0. The fraction of sp³-hybridized carbons (Fsp3) is 0.583. The van der Waals surface area contributed by atoms with E-state index in [0.717, 1.165) is 43.1 Å². The maximum absolute atomic E-state index is 5.38. The van der Waals surface area contributed by atoms with Gasteiger partial charge in [-0.1, -0.05) is 0 Å². The van der Waals surface area contributed by atoms with E-state index in [1.165, 1.54) is 5.69 Å². The highest BCUT2D eigenvalue weighted by Crippen LogP contribution is 2.23. The first-order valence-corrected chi connectivity index (χ1v) is 6.59. The van der Waals surface area contributed by atoms with Crippen LogP contribution >= 0.6 is 15.9 Å². The summed E-state index contributed by atoms with van der Waals surface area (Å²) >= 11 is 3.44. The first-order chi connectivity index (χ1) is 8.16. The molecule has 0 spiro atoms. The zero-order valence-corrected chi connectivity index (χ0v) is 11.9. The summed E-state index contributed by atoms with van der Waals surface area (Å²) in [6, 6.07) is 4.14. The Morgan fingerprint density at radius 3 is 2.71 bits per heavy atom. The first-order valence-electron chi connectivity index (χ1n) is 5.79. The second-order valence-corrected chi connectivity index (χ2v) is 5.25. The summed E-state index contributed by atoms with van der Waals surface area (Å²) < 4.78 is 6.28. The lowest BCUT2D eigenvalue weighted by molar-refractivity contribution is 0.122. The number of nitrogens with zero attached hydrogens (tertiary/aromatic N) is 3. The van der Waals surface area contributed by atoms with Crippen LogP contribution in [0.4, 0.5) is 5.69 Å². The van der Waals surface area contributed by atoms with Crippen molar-refractivity contribution in [3.63, 3.8) is 0 Å². The van der Waals surface area contributed by atoms with Crippen molar-refractivity contribution >= 4 is 21.6 Å². The lowest BCUT2D eigenvalue weighted by Gasteiger charge is -2.30. The van der Waals surface area contributed by atoms with Crippen molar-refractivity contribution in [3.8, 4) is 0 Å². The van der Waals surface area contributed by atoms with Gasteiger partial charge < -0.3 is 14.5 Å². The molecular weight excluding hydrogens is 282 g/mol. The maximum atomic E-state index is 5.38. The Morgan fingerprint density at radius 2 is 2.06 bits per heavy atom. The summed E-state index contributed by atoms with van der Waals surface area (Å²) in [4.78, 5) is 9.07. The molecule has 1 aliphatic heterocycles. The SMILES string of the molecule is CN(C)Cc1nc(Br)ccc1N1CCOCC1. The molecule has 0 unspecified atom stereocenters. The van der Waals surface area contributed by atoms with Crippen molar-refractivity contribution in [1.82, 2.24) is 9.88 Å². The van der Waals surface area contributed by atoms with Gasteiger partial charge in [-0.15, -0.1) is 0 Å². The fourth-order valence-electron chi connectivity index (χ4n) is 1.98. The number of hydrogen-bond donors (Lipinski definition) is 0. The molecule has 0 bridgehead atoms. The minimum Gasteiger partial charge on any atom is -0.378 e. The molecule has 94 valence electrons. The molecule has 0 amide bonds. The Balaban J connectivity index is 2.24. The number of rotatable bonds is 3. The Labute approximate surface area is 111 Å². The molecule has 1 aromatic heterocycles. The molecule has 1 fully saturated rings. The normalized spacial score (nSPS) is 16.6. The lowest BCUT2D eigenvalue weighted by atomic mass is 10.2. The van der Waals surface area contributed by atoms with Crippen molar-refractivity contribution in [2.24, 2.45) is 0 Å². The topological polar surface area (TPSA) is 28.6 Å². The number of ether oxygens (including phenoxy) is 1. The molecule has 17 heavy (non-hydrogen) atoms. The second kappa shape index (κ2) is 5.80. The molecule has 2 heterocycles. The zero-order chi connectivity index (χ0) is 12.3. The van der Waals surface area contributed by atoms with E-state index in [1.54, 1.807) is 0 Å². The summed E-state index contributed by atoms with van der Waals surface area (Å²) in [6.45, 7) is 4.36. The Bertz CT molecular complexity index is 378. The van der Waals surface area contributed by atoms with E-state index < -0.39 is 0 Å². The minimum absolute atomic E-state index is 0.803. The Kier molecular flexibility index (Phi) is 4.36. The molecule has 4 nitrogen and oxygen atoms in total. The number of aromatic nitrogens is 1. The van der Waals surface area contributed by atoms with Crippen LogP contribution in [0.25, 0.3) is 0 Å². The number of halogens is 1. The van der Waals surface area contributed by atoms with Gasteiger partial charge in [-0.2, -0.15) is 0 Å². The Morgan fingerprint density at radius 1 is 1.35 bits per heavy atom. The molecule has 0 radical (unpaired) electrons. The zero-order valence-electron chi connectivity index (χ0n) is 10.3. The monoisotopic (exact) mass is 299 g/mol. The largest absolute Gasteiger partial charge is 0.378 e. The van der Waals surface area contributed by atoms with Gasteiger partial charge in [0, 0.05) is 19.6 Å². The van der Waals surface area contributed by atoms with Gasteiger partial charge in [0.15, 0.2) is 0 Å². The predicted molar refractivity (Wildman–Crippen MR) is 72.4 cm³/mol. The predicted octanol–water partition coefficient (Wildman–Crippen LogP) is 1.74. The first kappa shape index (κ1) is 12.8. The van der Waals surface area contributed by atoms with Crippen LogP contribution in [-0.2, 0) is 11.3 Å². The van der Waals surface area contributed by atoms with Gasteiger partial charge in [-0.3, -0.25) is 0 Å². The molecule has 0 N–H and O–H groups in total. The standard InChI is InChI=1S/C12H18BrN3O/c1-15(2)9-10-11(3-4-12(13)14-10)16-5-7-17-8-6-16/h3-4H,5-9H2,1-2H3. The van der Waals surface area contributed by atoms with Crippen LogP contribution in [0.5, 0.6) is 0 Å². The molecular formula is C12H18BrN3O. The summed E-state index contributed by atoms with van der Waals surface area (Å²) in [5.41, 5.74) is 2.34. The third-order valence-corrected chi connectivity index (χ3v) is 3.18. The summed E-state index contributed by atoms with van der Waals surface area (Å²) in [5, 5.41) is 0. The highest BCUT2D eigenvalue weighted by molar-refractivity contribution is 9.10. The highest BCUT2D eigenvalue weighted by atomic mass is 79.9. The van der Waals surface area contributed by atoms with Gasteiger partial charge in [-0.25, -0.2) is 4.98 Å². The van der Waals surface area contributed by atoms with Gasteiger partial charge in [0.05, 0.1) is 24.6 Å². The molecule has 1 aromatic rings. The van der Waals surface area contributed by atoms with Gasteiger partial charge in [-0.05, 0) is 42.2 Å².